The maximum Gasteiger partial charge on any atom is 0.324 e. The zero-order chi connectivity index (χ0) is 7.90. The number of hydrogen-bond acceptors (Lipinski definition) is 2. The summed E-state index contributed by atoms with van der Waals surface area (Å²) in [5, 5.41) is 12.1. The van der Waals surface area contributed by atoms with Crippen molar-refractivity contribution in [2.75, 3.05) is 6.54 Å². The van der Waals surface area contributed by atoms with Crippen LogP contribution in [0.2, 0.25) is 0 Å². The Morgan fingerprint density at radius 1 is 1.50 bits per heavy atom. The van der Waals surface area contributed by atoms with Crippen LogP contribution in [0.5, 0.6) is 0 Å². The molecule has 70 valence electrons. The fraction of sp³-hybridized carbons (Fsp3) is 0.875. The number of nitrogens with one attached hydrogen (secondary N) is 1. The third-order valence-electron chi connectivity index (χ3n) is 2.84. The molecule has 2 rings (SSSR count). The number of carbonyl (C=O) groups is 1. The van der Waals surface area contributed by atoms with Crippen molar-refractivity contribution >= 4 is 18.4 Å². The molecular weight excluding hydrogens is 178 g/mol. The molecule has 4 heteroatoms. The molecule has 0 radical (unpaired) electrons. The normalized spacial score (nSPS) is 34.3. The van der Waals surface area contributed by atoms with Crippen LogP contribution in [0.3, 0.4) is 0 Å². The summed E-state index contributed by atoms with van der Waals surface area (Å²) in [5.41, 5.74) is -0.528. The molecular formula is C8H14ClNO2. The minimum Gasteiger partial charge on any atom is -0.480 e. The summed E-state index contributed by atoms with van der Waals surface area (Å²) < 4.78 is 0. The van der Waals surface area contributed by atoms with Crippen LogP contribution in [-0.4, -0.2) is 23.2 Å². The largest absolute Gasteiger partial charge is 0.480 e. The zero-order valence-corrected chi connectivity index (χ0v) is 7.69. The van der Waals surface area contributed by atoms with Crippen LogP contribution in [0.15, 0.2) is 0 Å². The Morgan fingerprint density at radius 2 is 2.17 bits per heavy atom. The highest BCUT2D eigenvalue weighted by Crippen LogP contribution is 2.44. The van der Waals surface area contributed by atoms with Gasteiger partial charge in [0.05, 0.1) is 0 Å². The fourth-order valence-corrected chi connectivity index (χ4v) is 2.05. The van der Waals surface area contributed by atoms with E-state index in [4.69, 9.17) is 5.11 Å². The fourth-order valence-electron chi connectivity index (χ4n) is 2.05. The predicted octanol–water partition coefficient (Wildman–Crippen LogP) is 1.02. The van der Waals surface area contributed by atoms with E-state index < -0.39 is 11.5 Å². The summed E-state index contributed by atoms with van der Waals surface area (Å²) >= 11 is 0. The van der Waals surface area contributed by atoms with E-state index in [1.807, 2.05) is 0 Å². The van der Waals surface area contributed by atoms with Gasteiger partial charge in [-0.15, -0.1) is 12.4 Å². The van der Waals surface area contributed by atoms with Gasteiger partial charge in [0.25, 0.3) is 0 Å². The molecule has 0 aromatic rings. The highest BCUT2D eigenvalue weighted by Gasteiger charge is 2.52. The number of aliphatic carboxylic acids is 1. The van der Waals surface area contributed by atoms with Gasteiger partial charge in [0.1, 0.15) is 5.54 Å². The third-order valence-corrected chi connectivity index (χ3v) is 2.84. The van der Waals surface area contributed by atoms with Gasteiger partial charge in [0, 0.05) is 0 Å². The Kier molecular flexibility index (Phi) is 2.64. The minimum absolute atomic E-state index is 0. The smallest absolute Gasteiger partial charge is 0.324 e. The molecule has 0 aromatic heterocycles. The first-order valence-electron chi connectivity index (χ1n) is 4.24. The van der Waals surface area contributed by atoms with Crippen molar-refractivity contribution in [3.63, 3.8) is 0 Å². The molecule has 3 nitrogen and oxygen atoms in total. The molecule has 1 aliphatic carbocycles. The molecule has 0 amide bonds. The van der Waals surface area contributed by atoms with Crippen molar-refractivity contribution in [1.29, 1.82) is 0 Å². The lowest BCUT2D eigenvalue weighted by Gasteiger charge is -2.23. The summed E-state index contributed by atoms with van der Waals surface area (Å²) in [5.74, 6) is -0.222. The first kappa shape index (κ1) is 9.81. The van der Waals surface area contributed by atoms with Crippen LogP contribution < -0.4 is 5.32 Å². The van der Waals surface area contributed by atoms with Crippen LogP contribution >= 0.6 is 12.4 Å². The Morgan fingerprint density at radius 3 is 2.50 bits per heavy atom. The van der Waals surface area contributed by atoms with Crippen molar-refractivity contribution in [3.8, 4) is 0 Å². The van der Waals surface area contributed by atoms with E-state index in [1.165, 1.54) is 0 Å². The summed E-state index contributed by atoms with van der Waals surface area (Å²) in [6.07, 6.45) is 4.04. The average molecular weight is 192 g/mol. The summed E-state index contributed by atoms with van der Waals surface area (Å²) in [6, 6.07) is 0. The Bertz CT molecular complexity index is 185. The summed E-state index contributed by atoms with van der Waals surface area (Å²) in [4.78, 5) is 10.9. The second-order valence-corrected chi connectivity index (χ2v) is 3.58. The van der Waals surface area contributed by atoms with Gasteiger partial charge < -0.3 is 10.4 Å². The van der Waals surface area contributed by atoms with Gasteiger partial charge in [0.2, 0.25) is 0 Å². The monoisotopic (exact) mass is 191 g/mol. The van der Waals surface area contributed by atoms with Crippen molar-refractivity contribution < 1.29 is 9.90 Å². The molecule has 1 unspecified atom stereocenters. The average Bonchev–Trinajstić information content (AvgIpc) is 2.69. The Labute approximate surface area is 77.9 Å². The van der Waals surface area contributed by atoms with Gasteiger partial charge in [-0.05, 0) is 38.1 Å². The van der Waals surface area contributed by atoms with Crippen LogP contribution in [0.1, 0.15) is 25.7 Å². The lowest BCUT2D eigenvalue weighted by atomic mass is 9.92. The molecule has 2 fully saturated rings. The Hall–Kier alpha value is -0.280. The quantitative estimate of drug-likeness (QED) is 0.686. The van der Waals surface area contributed by atoms with E-state index in [0.717, 1.165) is 32.2 Å². The van der Waals surface area contributed by atoms with Crippen molar-refractivity contribution in [2.45, 2.75) is 31.2 Å². The lowest BCUT2D eigenvalue weighted by molar-refractivity contribution is -0.145. The molecule has 1 saturated carbocycles. The Balaban J connectivity index is 0.000000720. The van der Waals surface area contributed by atoms with Crippen molar-refractivity contribution in [2.24, 2.45) is 5.92 Å². The molecule has 1 atom stereocenters. The molecule has 1 heterocycles. The van der Waals surface area contributed by atoms with Gasteiger partial charge in [-0.25, -0.2) is 0 Å². The van der Waals surface area contributed by atoms with E-state index in [-0.39, 0.29) is 12.4 Å². The van der Waals surface area contributed by atoms with Crippen LogP contribution in [0.4, 0.5) is 0 Å². The van der Waals surface area contributed by atoms with Gasteiger partial charge in [-0.2, -0.15) is 0 Å². The van der Waals surface area contributed by atoms with E-state index >= 15 is 0 Å². The van der Waals surface area contributed by atoms with Gasteiger partial charge in [-0.3, -0.25) is 4.79 Å². The SMILES string of the molecule is Cl.O=C(O)C1(C2CC2)CCCN1. The second-order valence-electron chi connectivity index (χ2n) is 3.58. The van der Waals surface area contributed by atoms with Gasteiger partial charge in [0.15, 0.2) is 0 Å². The van der Waals surface area contributed by atoms with Crippen molar-refractivity contribution in [3.05, 3.63) is 0 Å². The molecule has 0 spiro atoms. The van der Waals surface area contributed by atoms with Crippen LogP contribution in [-0.2, 0) is 4.79 Å². The maximum atomic E-state index is 10.9. The zero-order valence-electron chi connectivity index (χ0n) is 6.88. The molecule has 0 aromatic carbocycles. The number of hydrogen-bond donors (Lipinski definition) is 2. The predicted molar refractivity (Wildman–Crippen MR) is 47.6 cm³/mol. The molecule has 1 saturated heterocycles. The first-order valence-corrected chi connectivity index (χ1v) is 4.24. The maximum absolute atomic E-state index is 10.9. The van der Waals surface area contributed by atoms with Crippen molar-refractivity contribution in [1.82, 2.24) is 5.32 Å². The topological polar surface area (TPSA) is 49.3 Å². The number of carboxylic acid groups (broad SMARTS) is 1. The molecule has 2 aliphatic rings. The standard InChI is InChI=1S/C8H13NO2.ClH/c10-7(11)8(6-2-3-6)4-1-5-9-8;/h6,9H,1-5H2,(H,10,11);1H. The van der Waals surface area contributed by atoms with E-state index in [0.29, 0.717) is 5.92 Å². The first-order chi connectivity index (χ1) is 5.26. The van der Waals surface area contributed by atoms with E-state index in [1.54, 1.807) is 0 Å². The molecule has 0 bridgehead atoms. The van der Waals surface area contributed by atoms with Crippen LogP contribution in [0, 0.1) is 5.92 Å². The van der Waals surface area contributed by atoms with Gasteiger partial charge >= 0.3 is 5.97 Å². The lowest BCUT2D eigenvalue weighted by Crippen LogP contribution is -2.49. The molecule has 2 N–H and O–H groups in total. The van der Waals surface area contributed by atoms with Crippen LogP contribution in [0.25, 0.3) is 0 Å². The second kappa shape index (κ2) is 3.23. The summed E-state index contributed by atoms with van der Waals surface area (Å²) in [7, 11) is 0. The third kappa shape index (κ3) is 1.31. The van der Waals surface area contributed by atoms with E-state index in [9.17, 15) is 4.79 Å². The van der Waals surface area contributed by atoms with E-state index in [2.05, 4.69) is 5.32 Å². The summed E-state index contributed by atoms with van der Waals surface area (Å²) in [6.45, 7) is 0.878. The minimum atomic E-state index is -0.641. The number of halogens is 1. The highest BCUT2D eigenvalue weighted by atomic mass is 35.5. The highest BCUT2D eigenvalue weighted by molar-refractivity contribution is 5.85. The number of carboxylic acids is 1. The number of rotatable bonds is 2. The molecule has 12 heavy (non-hydrogen) atoms. The molecule has 1 aliphatic heterocycles. The van der Waals surface area contributed by atoms with Gasteiger partial charge in [-0.1, -0.05) is 0 Å².